The summed E-state index contributed by atoms with van der Waals surface area (Å²) in [5, 5.41) is 15.1. The minimum atomic E-state index is -1.11. The third-order valence-corrected chi connectivity index (χ3v) is 5.29. The molecule has 0 aliphatic carbocycles. The number of halogens is 1. The molecule has 0 saturated heterocycles. The van der Waals surface area contributed by atoms with Gasteiger partial charge in [0.2, 0.25) is 0 Å². The lowest BCUT2D eigenvalue weighted by Crippen LogP contribution is -2.42. The van der Waals surface area contributed by atoms with E-state index in [4.69, 9.17) is 12.2 Å². The molecule has 3 aromatic rings. The van der Waals surface area contributed by atoms with Gasteiger partial charge in [0.15, 0.2) is 0 Å². The maximum atomic E-state index is 13.9. The number of rotatable bonds is 7. The molecular weight excluding hydrogens is 429 g/mol. The normalized spacial score (nSPS) is 11.5. The van der Waals surface area contributed by atoms with Crippen LogP contribution in [0, 0.1) is 19.7 Å². The number of thiocarbonyl (C=S) groups is 1. The average Bonchev–Trinajstić information content (AvgIpc) is 2.74. The second-order valence-electron chi connectivity index (χ2n) is 7.29. The Labute approximate surface area is 190 Å². The van der Waals surface area contributed by atoms with Crippen molar-refractivity contribution in [1.82, 2.24) is 10.3 Å². The van der Waals surface area contributed by atoms with E-state index in [0.717, 1.165) is 5.56 Å². The number of carbonyl (C=O) groups excluding carboxylic acids is 1. The number of anilines is 1. The number of carboxylic acid groups (broad SMARTS) is 1. The number of nitrogens with zero attached hydrogens (tertiary/aromatic N) is 1. The van der Waals surface area contributed by atoms with Crippen LogP contribution in [0.3, 0.4) is 0 Å². The van der Waals surface area contributed by atoms with Crippen LogP contribution in [0.5, 0.6) is 0 Å². The molecule has 0 spiro atoms. The second-order valence-corrected chi connectivity index (χ2v) is 7.70. The monoisotopic (exact) mass is 451 g/mol. The fourth-order valence-electron chi connectivity index (χ4n) is 3.27. The van der Waals surface area contributed by atoms with E-state index in [9.17, 15) is 19.1 Å². The standard InChI is InChI=1S/C24H22FN3O3S/c1-14-11-12-26-15(2)21(14)22(29)27-17-9-7-16(8-10-17)13-20(24(30)31)28-23(32)18-5-3-4-6-19(18)25/h3-12,20H,13H2,1-2H3,(H,27,29)(H,28,32)(H,30,31)/t20-/m0/s1. The molecule has 1 aromatic heterocycles. The number of amides is 1. The van der Waals surface area contributed by atoms with Gasteiger partial charge in [0, 0.05) is 23.9 Å². The summed E-state index contributed by atoms with van der Waals surface area (Å²) < 4.78 is 13.9. The number of aliphatic carboxylic acids is 1. The summed E-state index contributed by atoms with van der Waals surface area (Å²) >= 11 is 5.19. The number of carboxylic acids is 1. The summed E-state index contributed by atoms with van der Waals surface area (Å²) in [7, 11) is 0. The van der Waals surface area contributed by atoms with Gasteiger partial charge in [0.05, 0.1) is 11.3 Å². The minimum absolute atomic E-state index is 0.0293. The third-order valence-electron chi connectivity index (χ3n) is 4.95. The Kier molecular flexibility index (Phi) is 7.27. The smallest absolute Gasteiger partial charge is 0.326 e. The molecule has 6 nitrogen and oxygen atoms in total. The first-order valence-electron chi connectivity index (χ1n) is 9.87. The number of hydrogen-bond acceptors (Lipinski definition) is 4. The van der Waals surface area contributed by atoms with Crippen molar-refractivity contribution in [2.75, 3.05) is 5.32 Å². The molecule has 1 atom stereocenters. The zero-order valence-electron chi connectivity index (χ0n) is 17.6. The van der Waals surface area contributed by atoms with Crippen LogP contribution in [0.4, 0.5) is 10.1 Å². The summed E-state index contributed by atoms with van der Waals surface area (Å²) in [6.07, 6.45) is 1.78. The largest absolute Gasteiger partial charge is 0.480 e. The van der Waals surface area contributed by atoms with E-state index in [0.29, 0.717) is 22.5 Å². The number of benzene rings is 2. The van der Waals surface area contributed by atoms with Crippen molar-refractivity contribution < 1.29 is 19.1 Å². The molecule has 0 saturated carbocycles. The number of aromatic nitrogens is 1. The Hall–Kier alpha value is -3.65. The predicted molar refractivity (Wildman–Crippen MR) is 124 cm³/mol. The number of nitrogens with one attached hydrogen (secondary N) is 2. The second kappa shape index (κ2) is 10.1. The Morgan fingerprint density at radius 2 is 1.78 bits per heavy atom. The van der Waals surface area contributed by atoms with Crippen LogP contribution >= 0.6 is 12.2 Å². The molecule has 0 fully saturated rings. The van der Waals surface area contributed by atoms with E-state index < -0.39 is 17.8 Å². The summed E-state index contributed by atoms with van der Waals surface area (Å²) in [5.74, 6) is -1.89. The number of aryl methyl sites for hydroxylation is 2. The first-order valence-corrected chi connectivity index (χ1v) is 10.3. The fourth-order valence-corrected chi connectivity index (χ4v) is 3.58. The fraction of sp³-hybridized carbons (Fsp3) is 0.167. The molecule has 8 heteroatoms. The Morgan fingerprint density at radius 3 is 2.41 bits per heavy atom. The van der Waals surface area contributed by atoms with E-state index in [-0.39, 0.29) is 22.9 Å². The summed E-state index contributed by atoms with van der Waals surface area (Å²) in [6.45, 7) is 3.62. The molecule has 0 aliphatic heterocycles. The van der Waals surface area contributed by atoms with Crippen molar-refractivity contribution in [2.45, 2.75) is 26.3 Å². The molecule has 0 radical (unpaired) electrons. The van der Waals surface area contributed by atoms with Gasteiger partial charge < -0.3 is 15.7 Å². The van der Waals surface area contributed by atoms with Crippen LogP contribution in [0.2, 0.25) is 0 Å². The van der Waals surface area contributed by atoms with Crippen molar-refractivity contribution >= 4 is 34.8 Å². The van der Waals surface area contributed by atoms with Crippen molar-refractivity contribution in [3.05, 3.63) is 94.6 Å². The molecular formula is C24H22FN3O3S. The van der Waals surface area contributed by atoms with Crippen LogP contribution in [0.15, 0.2) is 60.8 Å². The maximum Gasteiger partial charge on any atom is 0.326 e. The van der Waals surface area contributed by atoms with Gasteiger partial charge in [-0.15, -0.1) is 0 Å². The molecule has 1 heterocycles. The van der Waals surface area contributed by atoms with Gasteiger partial charge in [-0.05, 0) is 55.3 Å². The highest BCUT2D eigenvalue weighted by molar-refractivity contribution is 7.80. The highest BCUT2D eigenvalue weighted by Crippen LogP contribution is 2.16. The minimum Gasteiger partial charge on any atom is -0.480 e. The van der Waals surface area contributed by atoms with Crippen molar-refractivity contribution in [2.24, 2.45) is 0 Å². The lowest BCUT2D eigenvalue weighted by Gasteiger charge is -2.17. The molecule has 2 aromatic carbocycles. The molecule has 0 aliphatic rings. The van der Waals surface area contributed by atoms with Gasteiger partial charge in [0.1, 0.15) is 16.8 Å². The van der Waals surface area contributed by atoms with Crippen LogP contribution in [-0.2, 0) is 11.2 Å². The Bertz CT molecular complexity index is 1150. The maximum absolute atomic E-state index is 13.9. The third kappa shape index (κ3) is 5.53. The van der Waals surface area contributed by atoms with Gasteiger partial charge in [-0.1, -0.05) is 36.5 Å². The van der Waals surface area contributed by atoms with Crippen LogP contribution < -0.4 is 10.6 Å². The Morgan fingerprint density at radius 1 is 1.09 bits per heavy atom. The van der Waals surface area contributed by atoms with Gasteiger partial charge in [0.25, 0.3) is 5.91 Å². The molecule has 164 valence electrons. The van der Waals surface area contributed by atoms with E-state index >= 15 is 0 Å². The number of carbonyl (C=O) groups is 2. The number of pyridine rings is 1. The topological polar surface area (TPSA) is 91.3 Å². The predicted octanol–water partition coefficient (Wildman–Crippen LogP) is 4.05. The average molecular weight is 452 g/mol. The molecule has 0 unspecified atom stereocenters. The van der Waals surface area contributed by atoms with E-state index in [1.54, 1.807) is 49.5 Å². The Balaban J connectivity index is 1.68. The molecule has 0 bridgehead atoms. The lowest BCUT2D eigenvalue weighted by molar-refractivity contribution is -0.139. The van der Waals surface area contributed by atoms with Crippen LogP contribution in [0.25, 0.3) is 0 Å². The van der Waals surface area contributed by atoms with E-state index in [1.165, 1.54) is 18.2 Å². The molecule has 1 amide bonds. The van der Waals surface area contributed by atoms with Gasteiger partial charge in [-0.3, -0.25) is 9.78 Å². The van der Waals surface area contributed by atoms with Crippen LogP contribution in [0.1, 0.15) is 32.7 Å². The first-order chi connectivity index (χ1) is 15.3. The van der Waals surface area contributed by atoms with E-state index in [1.807, 2.05) is 6.92 Å². The lowest BCUT2D eigenvalue weighted by atomic mass is 10.0. The summed E-state index contributed by atoms with van der Waals surface area (Å²) in [5.41, 5.74) is 3.42. The van der Waals surface area contributed by atoms with Crippen molar-refractivity contribution in [3.63, 3.8) is 0 Å². The highest BCUT2D eigenvalue weighted by Gasteiger charge is 2.21. The van der Waals surface area contributed by atoms with Gasteiger partial charge >= 0.3 is 5.97 Å². The zero-order chi connectivity index (χ0) is 23.3. The SMILES string of the molecule is Cc1ccnc(C)c1C(=O)Nc1ccc(C[C@H](NC(=S)c2ccccc2F)C(=O)O)cc1. The highest BCUT2D eigenvalue weighted by atomic mass is 32.1. The van der Waals surface area contributed by atoms with Crippen molar-refractivity contribution in [3.8, 4) is 0 Å². The van der Waals surface area contributed by atoms with Gasteiger partial charge in [-0.25, -0.2) is 9.18 Å². The van der Waals surface area contributed by atoms with Gasteiger partial charge in [-0.2, -0.15) is 0 Å². The molecule has 3 rings (SSSR count). The summed E-state index contributed by atoms with van der Waals surface area (Å²) in [6, 6.07) is 13.5. The quantitative estimate of drug-likeness (QED) is 0.470. The number of hydrogen-bond donors (Lipinski definition) is 3. The van der Waals surface area contributed by atoms with Crippen molar-refractivity contribution in [1.29, 1.82) is 0 Å². The first kappa shape index (κ1) is 23.0. The summed E-state index contributed by atoms with van der Waals surface area (Å²) in [4.78, 5) is 28.5. The molecule has 32 heavy (non-hydrogen) atoms. The van der Waals surface area contributed by atoms with Crippen LogP contribution in [-0.4, -0.2) is 33.0 Å². The van der Waals surface area contributed by atoms with E-state index in [2.05, 4.69) is 15.6 Å². The zero-order valence-corrected chi connectivity index (χ0v) is 18.4. The molecule has 3 N–H and O–H groups in total.